The summed E-state index contributed by atoms with van der Waals surface area (Å²) in [5.74, 6) is 0.733. The molecule has 1 amide bonds. The van der Waals surface area contributed by atoms with Crippen LogP contribution in [0.25, 0.3) is 0 Å². The summed E-state index contributed by atoms with van der Waals surface area (Å²) in [6.45, 7) is 2.63. The number of rotatable bonds is 3. The van der Waals surface area contributed by atoms with Crippen LogP contribution in [0.2, 0.25) is 5.02 Å². The van der Waals surface area contributed by atoms with Gasteiger partial charge >= 0.3 is 0 Å². The molecule has 1 saturated heterocycles. The smallest absolute Gasteiger partial charge is 0.244 e. The molecule has 7 heteroatoms. The number of hydrogen-bond donors (Lipinski definition) is 1. The summed E-state index contributed by atoms with van der Waals surface area (Å²) in [4.78, 5) is 20.8. The molecule has 1 atom stereocenters. The van der Waals surface area contributed by atoms with Gasteiger partial charge in [0.2, 0.25) is 5.91 Å². The van der Waals surface area contributed by atoms with Crippen LogP contribution in [-0.2, 0) is 4.79 Å². The minimum Gasteiger partial charge on any atom is -0.352 e. The molecule has 5 nitrogen and oxygen atoms in total. The van der Waals surface area contributed by atoms with E-state index in [-0.39, 0.29) is 18.3 Å². The van der Waals surface area contributed by atoms with Crippen LogP contribution in [0.1, 0.15) is 11.6 Å². The molecule has 1 fully saturated rings. The van der Waals surface area contributed by atoms with Crippen molar-refractivity contribution >= 4 is 35.7 Å². The van der Waals surface area contributed by atoms with E-state index in [0.717, 1.165) is 11.4 Å². The van der Waals surface area contributed by atoms with Crippen LogP contribution in [0.4, 0.5) is 5.82 Å². The molecule has 2 heterocycles. The fourth-order valence-corrected chi connectivity index (χ4v) is 2.99. The van der Waals surface area contributed by atoms with E-state index in [0.29, 0.717) is 31.2 Å². The predicted molar refractivity (Wildman–Crippen MR) is 98.7 cm³/mol. The number of halogens is 2. The van der Waals surface area contributed by atoms with Gasteiger partial charge in [-0.25, -0.2) is 4.98 Å². The fraction of sp³-hybridized carbons (Fsp3) is 0.294. The lowest BCUT2D eigenvalue weighted by molar-refractivity contribution is -0.133. The average Bonchev–Trinajstić information content (AvgIpc) is 2.62. The number of anilines is 1. The molecular formula is C17H20Cl2N4O. The van der Waals surface area contributed by atoms with Crippen molar-refractivity contribution in [1.29, 1.82) is 0 Å². The Labute approximate surface area is 152 Å². The standard InChI is InChI=1S/C17H19ClN4O.ClH/c18-14-7-4-8-20-16(14)21-9-11-22(12-10-21)17(23)15(19)13-5-2-1-3-6-13;/h1-8,15H,9-12,19H2;1H. The van der Waals surface area contributed by atoms with Crippen molar-refractivity contribution < 1.29 is 4.79 Å². The number of nitrogens with two attached hydrogens (primary N) is 1. The van der Waals surface area contributed by atoms with Gasteiger partial charge in [-0.15, -0.1) is 12.4 Å². The first-order valence-corrected chi connectivity index (χ1v) is 7.99. The van der Waals surface area contributed by atoms with Crippen LogP contribution in [0.15, 0.2) is 48.7 Å². The summed E-state index contributed by atoms with van der Waals surface area (Å²) in [5, 5.41) is 0.633. The van der Waals surface area contributed by atoms with Gasteiger partial charge in [-0.3, -0.25) is 4.79 Å². The molecule has 1 aromatic carbocycles. The van der Waals surface area contributed by atoms with E-state index >= 15 is 0 Å². The second-order valence-electron chi connectivity index (χ2n) is 5.51. The van der Waals surface area contributed by atoms with Gasteiger partial charge in [0.15, 0.2) is 0 Å². The molecule has 0 bridgehead atoms. The van der Waals surface area contributed by atoms with Crippen molar-refractivity contribution in [3.8, 4) is 0 Å². The highest BCUT2D eigenvalue weighted by atomic mass is 35.5. The van der Waals surface area contributed by atoms with E-state index in [1.54, 1.807) is 6.20 Å². The third kappa shape index (κ3) is 3.98. The Balaban J connectivity index is 0.00000208. The Morgan fingerprint density at radius 2 is 1.75 bits per heavy atom. The molecule has 1 aliphatic heterocycles. The third-order valence-electron chi connectivity index (χ3n) is 4.05. The summed E-state index contributed by atoms with van der Waals surface area (Å²) in [5.41, 5.74) is 6.94. The molecule has 1 aliphatic rings. The molecule has 0 spiro atoms. The molecule has 2 N–H and O–H groups in total. The SMILES string of the molecule is Cl.NC(C(=O)N1CCN(c2ncccc2Cl)CC1)c1ccccc1. The molecule has 1 aromatic heterocycles. The number of piperazine rings is 1. The summed E-state index contributed by atoms with van der Waals surface area (Å²) >= 11 is 6.18. The zero-order chi connectivity index (χ0) is 16.2. The van der Waals surface area contributed by atoms with Crippen molar-refractivity contribution in [2.24, 2.45) is 5.73 Å². The van der Waals surface area contributed by atoms with E-state index in [1.165, 1.54) is 0 Å². The maximum absolute atomic E-state index is 12.5. The lowest BCUT2D eigenvalue weighted by Crippen LogP contribution is -2.51. The first-order valence-electron chi connectivity index (χ1n) is 7.61. The largest absolute Gasteiger partial charge is 0.352 e. The molecule has 0 radical (unpaired) electrons. The number of amides is 1. The Bertz CT molecular complexity index is 675. The van der Waals surface area contributed by atoms with E-state index < -0.39 is 6.04 Å². The van der Waals surface area contributed by atoms with Crippen LogP contribution in [0, 0.1) is 0 Å². The zero-order valence-electron chi connectivity index (χ0n) is 13.1. The number of aromatic nitrogens is 1. The van der Waals surface area contributed by atoms with Crippen molar-refractivity contribution in [3.05, 3.63) is 59.2 Å². The maximum atomic E-state index is 12.5. The van der Waals surface area contributed by atoms with Crippen LogP contribution >= 0.6 is 24.0 Å². The second-order valence-corrected chi connectivity index (χ2v) is 5.92. The highest BCUT2D eigenvalue weighted by Gasteiger charge is 2.27. The van der Waals surface area contributed by atoms with Crippen LogP contribution in [0.3, 0.4) is 0 Å². The monoisotopic (exact) mass is 366 g/mol. The fourth-order valence-electron chi connectivity index (χ4n) is 2.75. The minimum atomic E-state index is -0.610. The quantitative estimate of drug-likeness (QED) is 0.906. The molecule has 24 heavy (non-hydrogen) atoms. The number of benzene rings is 1. The van der Waals surface area contributed by atoms with Crippen molar-refractivity contribution in [2.75, 3.05) is 31.1 Å². The van der Waals surface area contributed by atoms with Gasteiger partial charge in [0, 0.05) is 32.4 Å². The van der Waals surface area contributed by atoms with Crippen molar-refractivity contribution in [2.45, 2.75) is 6.04 Å². The predicted octanol–water partition coefficient (Wildman–Crippen LogP) is 2.51. The summed E-state index contributed by atoms with van der Waals surface area (Å²) < 4.78 is 0. The Kier molecular flexibility index (Phi) is 6.43. The van der Waals surface area contributed by atoms with E-state index in [1.807, 2.05) is 47.4 Å². The van der Waals surface area contributed by atoms with Gasteiger partial charge in [-0.2, -0.15) is 0 Å². The molecule has 0 saturated carbocycles. The van der Waals surface area contributed by atoms with Crippen LogP contribution < -0.4 is 10.6 Å². The average molecular weight is 367 g/mol. The van der Waals surface area contributed by atoms with Gasteiger partial charge in [-0.1, -0.05) is 41.9 Å². The van der Waals surface area contributed by atoms with Crippen LogP contribution in [0.5, 0.6) is 0 Å². The Morgan fingerprint density at radius 1 is 1.08 bits per heavy atom. The molecule has 3 rings (SSSR count). The summed E-state index contributed by atoms with van der Waals surface area (Å²) in [6, 6.07) is 12.5. The second kappa shape index (κ2) is 8.33. The number of nitrogens with zero attached hydrogens (tertiary/aromatic N) is 3. The Morgan fingerprint density at radius 3 is 2.38 bits per heavy atom. The van der Waals surface area contributed by atoms with Gasteiger partial charge in [0.05, 0.1) is 5.02 Å². The zero-order valence-corrected chi connectivity index (χ0v) is 14.7. The van der Waals surface area contributed by atoms with Crippen LogP contribution in [-0.4, -0.2) is 42.0 Å². The first-order chi connectivity index (χ1) is 11.2. The lowest BCUT2D eigenvalue weighted by atomic mass is 10.1. The topological polar surface area (TPSA) is 62.5 Å². The number of hydrogen-bond acceptors (Lipinski definition) is 4. The first kappa shape index (κ1) is 18.5. The molecule has 1 unspecified atom stereocenters. The normalized spacial score (nSPS) is 15.6. The molecular weight excluding hydrogens is 347 g/mol. The van der Waals surface area contributed by atoms with E-state index in [4.69, 9.17) is 17.3 Å². The summed E-state index contributed by atoms with van der Waals surface area (Å²) in [7, 11) is 0. The highest BCUT2D eigenvalue weighted by molar-refractivity contribution is 6.32. The van der Waals surface area contributed by atoms with Gasteiger partial charge in [-0.05, 0) is 17.7 Å². The number of pyridine rings is 1. The molecule has 0 aliphatic carbocycles. The van der Waals surface area contributed by atoms with Gasteiger partial charge in [0.25, 0.3) is 0 Å². The number of carbonyl (C=O) groups excluding carboxylic acids is 1. The van der Waals surface area contributed by atoms with E-state index in [9.17, 15) is 4.79 Å². The maximum Gasteiger partial charge on any atom is 0.244 e. The third-order valence-corrected chi connectivity index (χ3v) is 4.35. The van der Waals surface area contributed by atoms with Crippen molar-refractivity contribution in [3.63, 3.8) is 0 Å². The highest BCUT2D eigenvalue weighted by Crippen LogP contribution is 2.24. The van der Waals surface area contributed by atoms with Gasteiger partial charge in [0.1, 0.15) is 11.9 Å². The number of carbonyl (C=O) groups is 1. The lowest BCUT2D eigenvalue weighted by Gasteiger charge is -2.36. The molecule has 128 valence electrons. The summed E-state index contributed by atoms with van der Waals surface area (Å²) in [6.07, 6.45) is 1.73. The van der Waals surface area contributed by atoms with E-state index in [2.05, 4.69) is 9.88 Å². The molecule has 2 aromatic rings. The van der Waals surface area contributed by atoms with Crippen molar-refractivity contribution in [1.82, 2.24) is 9.88 Å². The Hall–Kier alpha value is -1.82. The van der Waals surface area contributed by atoms with Gasteiger partial charge < -0.3 is 15.5 Å². The minimum absolute atomic E-state index is 0.